The van der Waals surface area contributed by atoms with E-state index < -0.39 is 0 Å². The highest BCUT2D eigenvalue weighted by molar-refractivity contribution is 5.79. The summed E-state index contributed by atoms with van der Waals surface area (Å²) in [6.45, 7) is 2.62. The number of hydrogen-bond donors (Lipinski definition) is 1. The lowest BCUT2D eigenvalue weighted by Crippen LogP contribution is -2.44. The first kappa shape index (κ1) is 16.9. The molecule has 0 amide bonds. The van der Waals surface area contributed by atoms with Crippen LogP contribution in [0.2, 0.25) is 0 Å². The molecule has 1 fully saturated rings. The van der Waals surface area contributed by atoms with Crippen molar-refractivity contribution in [1.82, 2.24) is 24.3 Å². The molecule has 4 aromatic rings. The van der Waals surface area contributed by atoms with Gasteiger partial charge in [0, 0.05) is 19.1 Å². The lowest BCUT2D eigenvalue weighted by atomic mass is 10.1. The van der Waals surface area contributed by atoms with Gasteiger partial charge in [-0.05, 0) is 42.7 Å². The summed E-state index contributed by atoms with van der Waals surface area (Å²) in [7, 11) is 0. The molecule has 1 aliphatic heterocycles. The summed E-state index contributed by atoms with van der Waals surface area (Å²) in [4.78, 5) is 11.3. The van der Waals surface area contributed by atoms with Gasteiger partial charge in [0.25, 0.3) is 0 Å². The second-order valence-corrected chi connectivity index (χ2v) is 7.34. The fourth-order valence-corrected chi connectivity index (χ4v) is 3.93. The monoisotopic (exact) mass is 373 g/mol. The Labute approximate surface area is 163 Å². The molecule has 7 nitrogen and oxygen atoms in total. The maximum Gasteiger partial charge on any atom is 0.206 e. The van der Waals surface area contributed by atoms with Crippen LogP contribution in [0.4, 0.5) is 5.95 Å². The molecule has 0 aliphatic carbocycles. The second-order valence-electron chi connectivity index (χ2n) is 7.34. The van der Waals surface area contributed by atoms with Crippen LogP contribution in [0.5, 0.6) is 0 Å². The quantitative estimate of drug-likeness (QED) is 0.595. The Bertz CT molecular complexity index is 1070. The first-order valence-corrected chi connectivity index (χ1v) is 9.68. The predicted molar refractivity (Wildman–Crippen MR) is 110 cm³/mol. The molecule has 7 heteroatoms. The van der Waals surface area contributed by atoms with Crippen molar-refractivity contribution in [1.29, 1.82) is 0 Å². The number of rotatable bonds is 4. The number of nitrogens with zero attached hydrogens (tertiary/aromatic N) is 6. The summed E-state index contributed by atoms with van der Waals surface area (Å²) in [5, 5.41) is 4.19. The Kier molecular flexibility index (Phi) is 4.29. The van der Waals surface area contributed by atoms with Gasteiger partial charge in [0.05, 0.1) is 23.3 Å². The standard InChI is InChI=1S/C21H23N7/c22-17-4-3-11-26(13-17)21-25-19-5-1-2-6-20(19)27(21)12-16-7-9-18(10-8-16)28-15-23-14-24-28/h1-2,5-10,14-15,17H,3-4,11-13,22H2. The highest BCUT2D eigenvalue weighted by Gasteiger charge is 2.22. The number of aromatic nitrogens is 5. The fraction of sp³-hybridized carbons (Fsp3) is 0.286. The van der Waals surface area contributed by atoms with Crippen LogP contribution in [-0.2, 0) is 6.54 Å². The largest absolute Gasteiger partial charge is 0.341 e. The zero-order chi connectivity index (χ0) is 18.9. The topological polar surface area (TPSA) is 77.8 Å². The summed E-state index contributed by atoms with van der Waals surface area (Å²) in [5.74, 6) is 1.01. The van der Waals surface area contributed by atoms with Crippen molar-refractivity contribution in [3.8, 4) is 5.69 Å². The molecule has 2 aromatic heterocycles. The van der Waals surface area contributed by atoms with Crippen molar-refractivity contribution in [2.75, 3.05) is 18.0 Å². The maximum absolute atomic E-state index is 6.23. The van der Waals surface area contributed by atoms with Crippen molar-refractivity contribution >= 4 is 17.0 Å². The minimum atomic E-state index is 0.212. The molecule has 1 aliphatic rings. The van der Waals surface area contributed by atoms with Crippen LogP contribution >= 0.6 is 0 Å². The van der Waals surface area contributed by atoms with Crippen LogP contribution in [0.15, 0.2) is 61.2 Å². The third kappa shape index (κ3) is 3.14. The van der Waals surface area contributed by atoms with Crippen molar-refractivity contribution in [2.45, 2.75) is 25.4 Å². The Morgan fingerprint density at radius 3 is 2.71 bits per heavy atom. The van der Waals surface area contributed by atoms with Gasteiger partial charge in [0.15, 0.2) is 0 Å². The molecule has 142 valence electrons. The Morgan fingerprint density at radius 2 is 1.93 bits per heavy atom. The molecule has 5 rings (SSSR count). The number of piperidine rings is 1. The third-order valence-electron chi connectivity index (χ3n) is 5.34. The Balaban J connectivity index is 1.50. The lowest BCUT2D eigenvalue weighted by molar-refractivity contribution is 0.495. The van der Waals surface area contributed by atoms with Crippen LogP contribution in [0.3, 0.4) is 0 Å². The highest BCUT2D eigenvalue weighted by atomic mass is 15.3. The smallest absolute Gasteiger partial charge is 0.206 e. The lowest BCUT2D eigenvalue weighted by Gasteiger charge is -2.32. The van der Waals surface area contributed by atoms with Crippen molar-refractivity contribution in [2.24, 2.45) is 5.73 Å². The van der Waals surface area contributed by atoms with Crippen LogP contribution < -0.4 is 10.6 Å². The minimum absolute atomic E-state index is 0.212. The van der Waals surface area contributed by atoms with E-state index in [0.717, 1.165) is 55.1 Å². The van der Waals surface area contributed by atoms with E-state index in [9.17, 15) is 0 Å². The van der Waals surface area contributed by atoms with Crippen molar-refractivity contribution in [3.63, 3.8) is 0 Å². The molecule has 28 heavy (non-hydrogen) atoms. The zero-order valence-electron chi connectivity index (χ0n) is 15.6. The highest BCUT2D eigenvalue weighted by Crippen LogP contribution is 2.26. The normalized spacial score (nSPS) is 17.3. The second kappa shape index (κ2) is 7.09. The summed E-state index contributed by atoms with van der Waals surface area (Å²) >= 11 is 0. The average molecular weight is 373 g/mol. The number of nitrogens with two attached hydrogens (primary N) is 1. The van der Waals surface area contributed by atoms with Gasteiger partial charge < -0.3 is 15.2 Å². The van der Waals surface area contributed by atoms with Gasteiger partial charge in [0.2, 0.25) is 5.95 Å². The van der Waals surface area contributed by atoms with Gasteiger partial charge in [-0.3, -0.25) is 0 Å². The molecule has 0 spiro atoms. The van der Waals surface area contributed by atoms with E-state index in [2.05, 4.69) is 62.0 Å². The van der Waals surface area contributed by atoms with Crippen LogP contribution in [0.1, 0.15) is 18.4 Å². The summed E-state index contributed by atoms with van der Waals surface area (Å²) in [5.41, 5.74) is 10.6. The number of hydrogen-bond acceptors (Lipinski definition) is 5. The molecule has 2 N–H and O–H groups in total. The molecule has 3 heterocycles. The van der Waals surface area contributed by atoms with Gasteiger partial charge in [-0.25, -0.2) is 14.6 Å². The van der Waals surface area contributed by atoms with E-state index in [1.807, 2.05) is 6.07 Å². The van der Waals surface area contributed by atoms with Crippen LogP contribution in [0, 0.1) is 0 Å². The Morgan fingerprint density at radius 1 is 1.07 bits per heavy atom. The number of fused-ring (bicyclic) bond motifs is 1. The number of anilines is 1. The van der Waals surface area contributed by atoms with E-state index >= 15 is 0 Å². The van der Waals surface area contributed by atoms with Gasteiger partial charge in [0.1, 0.15) is 12.7 Å². The molecule has 0 saturated carbocycles. The molecular formula is C21H23N7. The average Bonchev–Trinajstić information content (AvgIpc) is 3.38. The number of para-hydroxylation sites is 2. The predicted octanol–water partition coefficient (Wildman–Crippen LogP) is 2.59. The van der Waals surface area contributed by atoms with Gasteiger partial charge in [-0.2, -0.15) is 5.10 Å². The molecule has 2 aromatic carbocycles. The van der Waals surface area contributed by atoms with E-state index in [4.69, 9.17) is 10.7 Å². The van der Waals surface area contributed by atoms with E-state index in [-0.39, 0.29) is 6.04 Å². The first-order chi connectivity index (χ1) is 13.8. The minimum Gasteiger partial charge on any atom is -0.341 e. The van der Waals surface area contributed by atoms with E-state index in [1.165, 1.54) is 5.56 Å². The fourth-order valence-electron chi connectivity index (χ4n) is 3.93. The van der Waals surface area contributed by atoms with E-state index in [0.29, 0.717) is 0 Å². The van der Waals surface area contributed by atoms with Gasteiger partial charge in [-0.1, -0.05) is 24.3 Å². The summed E-state index contributed by atoms with van der Waals surface area (Å²) < 4.78 is 4.06. The SMILES string of the molecule is NC1CCCN(c2nc3ccccc3n2Cc2ccc(-n3cncn3)cc2)C1. The van der Waals surface area contributed by atoms with Gasteiger partial charge in [-0.15, -0.1) is 0 Å². The zero-order valence-corrected chi connectivity index (χ0v) is 15.6. The molecule has 1 saturated heterocycles. The molecular weight excluding hydrogens is 350 g/mol. The molecule has 0 bridgehead atoms. The summed E-state index contributed by atoms with van der Waals surface area (Å²) in [6.07, 6.45) is 5.44. The maximum atomic E-state index is 6.23. The number of benzene rings is 2. The van der Waals surface area contributed by atoms with Crippen LogP contribution in [0.25, 0.3) is 16.7 Å². The van der Waals surface area contributed by atoms with Gasteiger partial charge >= 0.3 is 0 Å². The molecule has 0 radical (unpaired) electrons. The number of imidazole rings is 1. The van der Waals surface area contributed by atoms with Crippen LogP contribution in [-0.4, -0.2) is 43.4 Å². The first-order valence-electron chi connectivity index (χ1n) is 9.68. The van der Waals surface area contributed by atoms with Crippen molar-refractivity contribution in [3.05, 3.63) is 66.7 Å². The van der Waals surface area contributed by atoms with Crippen molar-refractivity contribution < 1.29 is 0 Å². The Hall–Kier alpha value is -3.19. The molecule has 1 atom stereocenters. The third-order valence-corrected chi connectivity index (χ3v) is 5.34. The molecule has 1 unspecified atom stereocenters. The van der Waals surface area contributed by atoms with E-state index in [1.54, 1.807) is 17.3 Å². The summed E-state index contributed by atoms with van der Waals surface area (Å²) in [6, 6.07) is 16.9.